The van der Waals surface area contributed by atoms with E-state index in [1.807, 2.05) is 0 Å². The van der Waals surface area contributed by atoms with Crippen LogP contribution in [0.15, 0.2) is 0 Å². The molecule has 0 radical (unpaired) electrons. The van der Waals surface area contributed by atoms with Gasteiger partial charge in [0.05, 0.1) is 6.04 Å². The number of nitrogens with two attached hydrogens (primary N) is 1. The first kappa shape index (κ1) is 14.7. The van der Waals surface area contributed by atoms with Crippen LogP contribution in [-0.4, -0.2) is 42.5 Å². The monoisotopic (exact) mass is 235 g/mol. The fourth-order valence-corrected chi connectivity index (χ4v) is 1.83. The Hall–Kier alpha value is -0.320. The maximum absolute atomic E-state index is 11.4. The third-order valence-electron chi connectivity index (χ3n) is 2.88. The molecule has 1 saturated heterocycles. The number of amides is 1. The molecule has 4 nitrogen and oxygen atoms in total. The van der Waals surface area contributed by atoms with Crippen molar-refractivity contribution in [3.05, 3.63) is 0 Å². The molecule has 0 bridgehead atoms. The van der Waals surface area contributed by atoms with Crippen molar-refractivity contribution in [2.75, 3.05) is 19.6 Å². The van der Waals surface area contributed by atoms with Gasteiger partial charge in [-0.25, -0.2) is 0 Å². The summed E-state index contributed by atoms with van der Waals surface area (Å²) in [5.41, 5.74) is 5.50. The molecule has 0 saturated carbocycles. The number of carbonyl (C=O) groups is 1. The van der Waals surface area contributed by atoms with Crippen molar-refractivity contribution in [2.24, 2.45) is 11.7 Å². The van der Waals surface area contributed by atoms with E-state index in [4.69, 9.17) is 5.73 Å². The van der Waals surface area contributed by atoms with Crippen LogP contribution < -0.4 is 11.1 Å². The van der Waals surface area contributed by atoms with Gasteiger partial charge in [-0.1, -0.05) is 13.8 Å². The van der Waals surface area contributed by atoms with E-state index in [0.29, 0.717) is 5.92 Å². The Balaban J connectivity index is 0.00000196. The van der Waals surface area contributed by atoms with Gasteiger partial charge in [0, 0.05) is 19.1 Å². The predicted octanol–water partition coefficient (Wildman–Crippen LogP) is 0.212. The highest BCUT2D eigenvalue weighted by Gasteiger charge is 2.29. The Morgan fingerprint density at radius 3 is 2.60 bits per heavy atom. The van der Waals surface area contributed by atoms with Crippen LogP contribution in [0.25, 0.3) is 0 Å². The molecule has 0 aliphatic carbocycles. The van der Waals surface area contributed by atoms with Gasteiger partial charge in [0.15, 0.2) is 0 Å². The van der Waals surface area contributed by atoms with E-state index in [1.54, 1.807) is 6.92 Å². The van der Waals surface area contributed by atoms with Crippen molar-refractivity contribution in [1.29, 1.82) is 0 Å². The van der Waals surface area contributed by atoms with Gasteiger partial charge in [-0.15, -0.1) is 12.4 Å². The number of nitrogens with zero attached hydrogens (tertiary/aromatic N) is 1. The normalized spacial score (nSPS) is 28.3. The Labute approximate surface area is 98.0 Å². The number of likely N-dealkylation sites (N-methyl/N-ethyl adjacent to an activating group) is 1. The lowest BCUT2D eigenvalue weighted by Crippen LogP contribution is -2.46. The molecule has 90 valence electrons. The molecule has 5 heteroatoms. The number of hydrogen-bond acceptors (Lipinski definition) is 3. The van der Waals surface area contributed by atoms with Crippen LogP contribution in [0.1, 0.15) is 20.8 Å². The molecule has 3 N–H and O–H groups in total. The Morgan fingerprint density at radius 2 is 2.20 bits per heavy atom. The van der Waals surface area contributed by atoms with Gasteiger partial charge in [-0.2, -0.15) is 0 Å². The minimum absolute atomic E-state index is 0. The number of hydrogen-bond donors (Lipinski definition) is 2. The molecule has 1 fully saturated rings. The molecular formula is C10H22ClN3O. The second-order valence-electron chi connectivity index (χ2n) is 4.23. The largest absolute Gasteiger partial charge is 0.350 e. The molecule has 1 aliphatic rings. The Kier molecular flexibility index (Phi) is 6.17. The first-order chi connectivity index (χ1) is 6.54. The summed E-state index contributed by atoms with van der Waals surface area (Å²) in [5.74, 6) is 0.484. The highest BCUT2D eigenvalue weighted by atomic mass is 35.5. The number of carbonyl (C=O) groups excluding carboxylic acids is 1. The van der Waals surface area contributed by atoms with E-state index in [0.717, 1.165) is 19.6 Å². The van der Waals surface area contributed by atoms with Crippen LogP contribution in [-0.2, 0) is 4.79 Å². The zero-order chi connectivity index (χ0) is 10.7. The first-order valence-electron chi connectivity index (χ1n) is 5.33. The van der Waals surface area contributed by atoms with Gasteiger partial charge in [0.2, 0.25) is 5.91 Å². The standard InChI is InChI=1S/C10H21N3O.ClH/c1-4-13-5-7(2)9(6-13)12-10(14)8(3)11;/h7-9H,4-6,11H2,1-3H3,(H,12,14);1H/t7?,8-,9?;/m1./s1. The minimum atomic E-state index is -0.405. The van der Waals surface area contributed by atoms with Gasteiger partial charge >= 0.3 is 0 Å². The van der Waals surface area contributed by atoms with E-state index in [1.165, 1.54) is 0 Å². The average molecular weight is 236 g/mol. The van der Waals surface area contributed by atoms with Crippen LogP contribution in [0.2, 0.25) is 0 Å². The lowest BCUT2D eigenvalue weighted by Gasteiger charge is -2.18. The quantitative estimate of drug-likeness (QED) is 0.736. The summed E-state index contributed by atoms with van der Waals surface area (Å²) in [7, 11) is 0. The summed E-state index contributed by atoms with van der Waals surface area (Å²) in [6, 6.07) is -0.133. The van der Waals surface area contributed by atoms with Gasteiger partial charge in [-0.3, -0.25) is 4.79 Å². The van der Waals surface area contributed by atoms with E-state index in [2.05, 4.69) is 24.1 Å². The molecule has 0 aromatic heterocycles. The molecule has 0 aromatic carbocycles. The number of likely N-dealkylation sites (tertiary alicyclic amines) is 1. The van der Waals surface area contributed by atoms with Crippen LogP contribution in [0, 0.1) is 5.92 Å². The van der Waals surface area contributed by atoms with Crippen molar-refractivity contribution >= 4 is 18.3 Å². The van der Waals surface area contributed by atoms with Gasteiger partial charge in [-0.05, 0) is 19.4 Å². The molecule has 1 heterocycles. The van der Waals surface area contributed by atoms with Crippen molar-refractivity contribution < 1.29 is 4.79 Å². The minimum Gasteiger partial charge on any atom is -0.350 e. The predicted molar refractivity (Wildman–Crippen MR) is 64.1 cm³/mol. The number of halogens is 1. The maximum Gasteiger partial charge on any atom is 0.236 e. The zero-order valence-corrected chi connectivity index (χ0v) is 10.5. The van der Waals surface area contributed by atoms with Crippen molar-refractivity contribution in [3.63, 3.8) is 0 Å². The molecule has 0 aromatic rings. The first-order valence-corrected chi connectivity index (χ1v) is 5.33. The molecule has 15 heavy (non-hydrogen) atoms. The molecule has 1 aliphatic heterocycles. The van der Waals surface area contributed by atoms with Crippen LogP contribution in [0.4, 0.5) is 0 Å². The van der Waals surface area contributed by atoms with E-state index in [-0.39, 0.29) is 24.4 Å². The fraction of sp³-hybridized carbons (Fsp3) is 0.900. The highest BCUT2D eigenvalue weighted by molar-refractivity contribution is 5.85. The number of rotatable bonds is 3. The summed E-state index contributed by atoms with van der Waals surface area (Å²) in [6.07, 6.45) is 0. The van der Waals surface area contributed by atoms with Gasteiger partial charge in [0.25, 0.3) is 0 Å². The van der Waals surface area contributed by atoms with Gasteiger partial charge in [0.1, 0.15) is 0 Å². The third-order valence-corrected chi connectivity index (χ3v) is 2.88. The highest BCUT2D eigenvalue weighted by Crippen LogP contribution is 2.15. The van der Waals surface area contributed by atoms with Crippen LogP contribution in [0.5, 0.6) is 0 Å². The Morgan fingerprint density at radius 1 is 1.60 bits per heavy atom. The summed E-state index contributed by atoms with van der Waals surface area (Å²) in [6.45, 7) is 9.10. The van der Waals surface area contributed by atoms with Crippen molar-refractivity contribution in [3.8, 4) is 0 Å². The maximum atomic E-state index is 11.4. The van der Waals surface area contributed by atoms with E-state index in [9.17, 15) is 4.79 Å². The van der Waals surface area contributed by atoms with E-state index >= 15 is 0 Å². The van der Waals surface area contributed by atoms with Gasteiger partial charge < -0.3 is 16.0 Å². The van der Waals surface area contributed by atoms with Crippen LogP contribution in [0.3, 0.4) is 0 Å². The molecule has 3 atom stereocenters. The molecule has 1 amide bonds. The molecule has 1 rings (SSSR count). The average Bonchev–Trinajstić information content (AvgIpc) is 2.47. The second kappa shape index (κ2) is 6.30. The third kappa shape index (κ3) is 3.97. The van der Waals surface area contributed by atoms with Crippen molar-refractivity contribution in [2.45, 2.75) is 32.9 Å². The molecule has 0 spiro atoms. The zero-order valence-electron chi connectivity index (χ0n) is 9.69. The lowest BCUT2D eigenvalue weighted by atomic mass is 10.1. The fourth-order valence-electron chi connectivity index (χ4n) is 1.83. The van der Waals surface area contributed by atoms with Crippen LogP contribution >= 0.6 is 12.4 Å². The Bertz CT molecular complexity index is 211. The topological polar surface area (TPSA) is 58.4 Å². The lowest BCUT2D eigenvalue weighted by molar-refractivity contribution is -0.122. The summed E-state index contributed by atoms with van der Waals surface area (Å²) in [4.78, 5) is 13.7. The smallest absolute Gasteiger partial charge is 0.236 e. The number of nitrogens with one attached hydrogen (secondary N) is 1. The van der Waals surface area contributed by atoms with Crippen molar-refractivity contribution in [1.82, 2.24) is 10.2 Å². The summed E-state index contributed by atoms with van der Waals surface area (Å²) >= 11 is 0. The summed E-state index contributed by atoms with van der Waals surface area (Å²) in [5, 5.41) is 2.99. The molecular weight excluding hydrogens is 214 g/mol. The van der Waals surface area contributed by atoms with E-state index < -0.39 is 6.04 Å². The SMILES string of the molecule is CCN1CC(C)C(NC(=O)[C@@H](C)N)C1.Cl. The second-order valence-corrected chi connectivity index (χ2v) is 4.23. The molecule has 2 unspecified atom stereocenters. The summed E-state index contributed by atoms with van der Waals surface area (Å²) < 4.78 is 0.